The van der Waals surface area contributed by atoms with E-state index in [1.807, 2.05) is 7.05 Å². The lowest BCUT2D eigenvalue weighted by atomic mass is 10.1. The van der Waals surface area contributed by atoms with Crippen molar-refractivity contribution in [2.75, 3.05) is 6.61 Å². The maximum atomic E-state index is 5.01. The van der Waals surface area contributed by atoms with Crippen molar-refractivity contribution in [3.63, 3.8) is 0 Å². The molecule has 0 aliphatic heterocycles. The van der Waals surface area contributed by atoms with Crippen LogP contribution in [0.4, 0.5) is 0 Å². The third-order valence-corrected chi connectivity index (χ3v) is 3.15. The fourth-order valence-corrected chi connectivity index (χ4v) is 2.35. The van der Waals surface area contributed by atoms with Crippen molar-refractivity contribution in [1.82, 2.24) is 4.57 Å². The van der Waals surface area contributed by atoms with Crippen LogP contribution in [0.5, 0.6) is 0 Å². The Morgan fingerprint density at radius 3 is 3.00 bits per heavy atom. The molecule has 0 bridgehead atoms. The largest absolute Gasteiger partial charge is 0.349 e. The Labute approximate surface area is 96.9 Å². The van der Waals surface area contributed by atoms with Crippen molar-refractivity contribution in [1.29, 1.82) is 0 Å². The average Bonchev–Trinajstić information content (AvgIpc) is 2.52. The van der Waals surface area contributed by atoms with Crippen molar-refractivity contribution < 1.29 is 4.84 Å². The van der Waals surface area contributed by atoms with Crippen LogP contribution < -0.4 is 5.90 Å². The van der Waals surface area contributed by atoms with E-state index in [9.17, 15) is 0 Å². The van der Waals surface area contributed by atoms with Crippen molar-refractivity contribution in [3.8, 4) is 0 Å². The molecule has 2 rings (SSSR count). The predicted molar refractivity (Wildman–Crippen MR) is 64.5 cm³/mol. The fraction of sp³-hybridized carbons (Fsp3) is 0.273. The quantitative estimate of drug-likeness (QED) is 0.869. The molecule has 0 amide bonds. The summed E-state index contributed by atoms with van der Waals surface area (Å²) in [6, 6.07) is 6.39. The molecule has 0 atom stereocenters. The number of halogens is 1. The van der Waals surface area contributed by atoms with Crippen LogP contribution in [-0.4, -0.2) is 11.2 Å². The van der Waals surface area contributed by atoms with E-state index in [1.165, 1.54) is 16.5 Å². The highest BCUT2D eigenvalue weighted by molar-refractivity contribution is 9.10. The summed E-state index contributed by atoms with van der Waals surface area (Å²) < 4.78 is 3.23. The highest BCUT2D eigenvalue weighted by Gasteiger charge is 2.04. The Morgan fingerprint density at radius 1 is 1.47 bits per heavy atom. The van der Waals surface area contributed by atoms with Gasteiger partial charge in [0, 0.05) is 28.6 Å². The molecular formula is C11H13BrN2O. The Balaban J connectivity index is 2.41. The molecule has 80 valence electrons. The molecule has 0 saturated carbocycles. The van der Waals surface area contributed by atoms with Crippen molar-refractivity contribution >= 4 is 26.8 Å². The molecule has 0 radical (unpaired) electrons. The monoisotopic (exact) mass is 268 g/mol. The zero-order valence-electron chi connectivity index (χ0n) is 8.53. The summed E-state index contributed by atoms with van der Waals surface area (Å²) >= 11 is 3.53. The maximum Gasteiger partial charge on any atom is 0.0719 e. The van der Waals surface area contributed by atoms with E-state index in [2.05, 4.69) is 49.7 Å². The lowest BCUT2D eigenvalue weighted by Gasteiger charge is -2.02. The summed E-state index contributed by atoms with van der Waals surface area (Å²) in [5.74, 6) is 5.01. The van der Waals surface area contributed by atoms with Crippen molar-refractivity contribution in [3.05, 3.63) is 34.4 Å². The molecule has 2 aromatic rings. The molecule has 0 spiro atoms. The van der Waals surface area contributed by atoms with Crippen LogP contribution in [0.1, 0.15) is 5.56 Å². The number of hydrogen-bond donors (Lipinski definition) is 1. The number of aryl methyl sites for hydroxylation is 1. The van der Waals surface area contributed by atoms with Gasteiger partial charge in [-0.2, -0.15) is 0 Å². The number of benzene rings is 1. The van der Waals surface area contributed by atoms with Gasteiger partial charge in [0.15, 0.2) is 0 Å². The standard InChI is InChI=1S/C11H13BrN2O/c1-14-7-10(12)9-3-2-8(4-5-15-13)6-11(9)14/h2-3,6-7H,4-5,13H2,1H3. The topological polar surface area (TPSA) is 40.2 Å². The highest BCUT2D eigenvalue weighted by atomic mass is 79.9. The molecule has 1 aromatic carbocycles. The molecule has 0 fully saturated rings. The second kappa shape index (κ2) is 4.35. The number of nitrogens with zero attached hydrogens (tertiary/aromatic N) is 1. The summed E-state index contributed by atoms with van der Waals surface area (Å²) in [4.78, 5) is 4.58. The molecule has 1 aromatic heterocycles. The van der Waals surface area contributed by atoms with Gasteiger partial charge in [-0.25, -0.2) is 5.90 Å². The van der Waals surface area contributed by atoms with Gasteiger partial charge in [-0.3, -0.25) is 0 Å². The molecule has 3 nitrogen and oxygen atoms in total. The minimum atomic E-state index is 0.553. The zero-order valence-corrected chi connectivity index (χ0v) is 10.1. The third kappa shape index (κ3) is 2.07. The van der Waals surface area contributed by atoms with Gasteiger partial charge in [-0.15, -0.1) is 0 Å². The summed E-state index contributed by atoms with van der Waals surface area (Å²) in [5, 5.41) is 1.23. The molecule has 15 heavy (non-hydrogen) atoms. The van der Waals surface area contributed by atoms with Crippen molar-refractivity contribution in [2.45, 2.75) is 6.42 Å². The Morgan fingerprint density at radius 2 is 2.27 bits per heavy atom. The smallest absolute Gasteiger partial charge is 0.0719 e. The van der Waals surface area contributed by atoms with E-state index in [0.717, 1.165) is 10.9 Å². The molecule has 1 heterocycles. The number of aromatic nitrogens is 1. The molecule has 0 aliphatic carbocycles. The zero-order chi connectivity index (χ0) is 10.8. The Hall–Kier alpha value is -0.840. The SMILES string of the molecule is Cn1cc(Br)c2ccc(CCON)cc21. The van der Waals surface area contributed by atoms with Gasteiger partial charge in [0.2, 0.25) is 0 Å². The predicted octanol–water partition coefficient (Wildman–Crippen LogP) is 2.37. The third-order valence-electron chi connectivity index (χ3n) is 2.52. The van der Waals surface area contributed by atoms with Crippen molar-refractivity contribution in [2.24, 2.45) is 12.9 Å². The first kappa shape index (κ1) is 10.7. The van der Waals surface area contributed by atoms with E-state index in [1.54, 1.807) is 0 Å². The maximum absolute atomic E-state index is 5.01. The number of nitrogens with two attached hydrogens (primary N) is 1. The number of hydrogen-bond acceptors (Lipinski definition) is 2. The Bertz CT molecular complexity index is 479. The van der Waals surface area contributed by atoms with Crippen LogP contribution in [-0.2, 0) is 18.3 Å². The van der Waals surface area contributed by atoms with Gasteiger partial charge < -0.3 is 9.40 Å². The molecule has 0 saturated heterocycles. The summed E-state index contributed by atoms with van der Waals surface area (Å²) in [6.45, 7) is 0.553. The van der Waals surface area contributed by atoms with Crippen LogP contribution >= 0.6 is 15.9 Å². The lowest BCUT2D eigenvalue weighted by molar-refractivity contribution is 0.141. The van der Waals surface area contributed by atoms with E-state index < -0.39 is 0 Å². The van der Waals surface area contributed by atoms with Crippen LogP contribution in [0.3, 0.4) is 0 Å². The van der Waals surface area contributed by atoms with Crippen LogP contribution in [0.2, 0.25) is 0 Å². The van der Waals surface area contributed by atoms with Gasteiger partial charge in [-0.05, 0) is 34.0 Å². The van der Waals surface area contributed by atoms with Gasteiger partial charge in [0.05, 0.1) is 6.61 Å². The second-order valence-electron chi connectivity index (χ2n) is 3.56. The first-order valence-electron chi connectivity index (χ1n) is 4.77. The molecule has 0 unspecified atom stereocenters. The highest BCUT2D eigenvalue weighted by Crippen LogP contribution is 2.26. The molecule has 4 heteroatoms. The second-order valence-corrected chi connectivity index (χ2v) is 4.41. The number of fused-ring (bicyclic) bond motifs is 1. The first-order chi connectivity index (χ1) is 7.22. The van der Waals surface area contributed by atoms with Gasteiger partial charge >= 0.3 is 0 Å². The average molecular weight is 269 g/mol. The molecular weight excluding hydrogens is 256 g/mol. The van der Waals surface area contributed by atoms with E-state index >= 15 is 0 Å². The number of rotatable bonds is 3. The minimum Gasteiger partial charge on any atom is -0.349 e. The lowest BCUT2D eigenvalue weighted by Crippen LogP contribution is -2.03. The van der Waals surface area contributed by atoms with Gasteiger partial charge in [0.25, 0.3) is 0 Å². The van der Waals surface area contributed by atoms with Crippen LogP contribution in [0.25, 0.3) is 10.9 Å². The van der Waals surface area contributed by atoms with E-state index in [4.69, 9.17) is 5.90 Å². The summed E-state index contributed by atoms with van der Waals surface area (Å²) in [6.07, 6.45) is 2.91. The normalized spacial score (nSPS) is 11.1. The van der Waals surface area contributed by atoms with Crippen LogP contribution in [0.15, 0.2) is 28.9 Å². The van der Waals surface area contributed by atoms with Gasteiger partial charge in [0.1, 0.15) is 0 Å². The Kier molecular flexibility index (Phi) is 3.09. The molecule has 0 aliphatic rings. The molecule has 2 N–H and O–H groups in total. The van der Waals surface area contributed by atoms with Crippen LogP contribution in [0, 0.1) is 0 Å². The van der Waals surface area contributed by atoms with E-state index in [0.29, 0.717) is 6.61 Å². The van der Waals surface area contributed by atoms with E-state index in [-0.39, 0.29) is 0 Å². The van der Waals surface area contributed by atoms with Gasteiger partial charge in [-0.1, -0.05) is 12.1 Å². The summed E-state index contributed by atoms with van der Waals surface area (Å²) in [7, 11) is 2.04. The first-order valence-corrected chi connectivity index (χ1v) is 5.57. The summed E-state index contributed by atoms with van der Waals surface area (Å²) in [5.41, 5.74) is 2.46. The minimum absolute atomic E-state index is 0.553. The fourth-order valence-electron chi connectivity index (χ4n) is 1.71.